The van der Waals surface area contributed by atoms with Gasteiger partial charge in [0.15, 0.2) is 0 Å². The molecule has 15 heavy (non-hydrogen) atoms. The maximum atomic E-state index is 10.7. The van der Waals surface area contributed by atoms with Crippen LogP contribution in [0.15, 0.2) is 30.3 Å². The highest BCUT2D eigenvalue weighted by Gasteiger charge is 2.24. The molecular formula is C9H10N2O4. The Balaban J connectivity index is 2.75. The van der Waals surface area contributed by atoms with Crippen LogP contribution in [0.25, 0.3) is 0 Å². The van der Waals surface area contributed by atoms with E-state index in [0.29, 0.717) is 5.56 Å². The zero-order valence-electron chi connectivity index (χ0n) is 7.91. The minimum atomic E-state index is -0.989. The lowest BCUT2D eigenvalue weighted by atomic mass is 10.0. The first-order chi connectivity index (χ1) is 7.11. The van der Waals surface area contributed by atoms with E-state index in [1.807, 2.05) is 0 Å². The molecule has 0 spiro atoms. The van der Waals surface area contributed by atoms with Crippen LogP contribution < -0.4 is 0 Å². The van der Waals surface area contributed by atoms with Crippen molar-refractivity contribution in [2.75, 3.05) is 6.54 Å². The SMILES string of the molecule is O=[N+]([O-])CCC(c1ccccc1)[N+](=O)[O-]. The van der Waals surface area contributed by atoms with Crippen molar-refractivity contribution in [3.05, 3.63) is 56.1 Å². The second-order valence-corrected chi connectivity index (χ2v) is 3.06. The summed E-state index contributed by atoms with van der Waals surface area (Å²) >= 11 is 0. The summed E-state index contributed by atoms with van der Waals surface area (Å²) in [5, 5.41) is 20.8. The Morgan fingerprint density at radius 1 is 1.13 bits per heavy atom. The molecular weight excluding hydrogens is 200 g/mol. The summed E-state index contributed by atoms with van der Waals surface area (Å²) in [6.07, 6.45) is -0.0794. The Morgan fingerprint density at radius 2 is 1.73 bits per heavy atom. The molecule has 1 unspecified atom stereocenters. The van der Waals surface area contributed by atoms with Gasteiger partial charge in [0.25, 0.3) is 0 Å². The van der Waals surface area contributed by atoms with E-state index in [9.17, 15) is 20.2 Å². The summed E-state index contributed by atoms with van der Waals surface area (Å²) in [6.45, 7) is -0.388. The molecule has 0 N–H and O–H groups in total. The van der Waals surface area contributed by atoms with Gasteiger partial charge in [-0.15, -0.1) is 0 Å². The predicted molar refractivity (Wildman–Crippen MR) is 52.7 cm³/mol. The van der Waals surface area contributed by atoms with Crippen molar-refractivity contribution in [1.29, 1.82) is 0 Å². The summed E-state index contributed by atoms with van der Waals surface area (Å²) < 4.78 is 0. The van der Waals surface area contributed by atoms with Gasteiger partial charge >= 0.3 is 0 Å². The normalized spacial score (nSPS) is 12.0. The molecule has 6 nitrogen and oxygen atoms in total. The Kier molecular flexibility index (Phi) is 3.73. The van der Waals surface area contributed by atoms with Gasteiger partial charge in [-0.05, 0) is 0 Å². The lowest BCUT2D eigenvalue weighted by Crippen LogP contribution is -2.15. The molecule has 0 aliphatic carbocycles. The van der Waals surface area contributed by atoms with Crippen LogP contribution in [0.3, 0.4) is 0 Å². The Hall–Kier alpha value is -1.98. The highest BCUT2D eigenvalue weighted by Crippen LogP contribution is 2.19. The molecule has 0 amide bonds. The summed E-state index contributed by atoms with van der Waals surface area (Å²) in [7, 11) is 0. The fourth-order valence-electron chi connectivity index (χ4n) is 1.30. The number of hydrogen-bond acceptors (Lipinski definition) is 4. The van der Waals surface area contributed by atoms with Crippen LogP contribution in [0.1, 0.15) is 18.0 Å². The van der Waals surface area contributed by atoms with E-state index in [1.165, 1.54) is 0 Å². The molecule has 1 atom stereocenters. The maximum absolute atomic E-state index is 10.7. The van der Waals surface area contributed by atoms with Crippen LogP contribution in [0.5, 0.6) is 0 Å². The third-order valence-electron chi connectivity index (χ3n) is 2.02. The Bertz CT molecular complexity index is 352. The molecule has 0 saturated carbocycles. The first-order valence-electron chi connectivity index (χ1n) is 4.41. The Morgan fingerprint density at radius 3 is 2.20 bits per heavy atom. The van der Waals surface area contributed by atoms with Gasteiger partial charge in [0.2, 0.25) is 12.6 Å². The molecule has 1 rings (SSSR count). The lowest BCUT2D eigenvalue weighted by Gasteiger charge is -2.06. The van der Waals surface area contributed by atoms with E-state index in [0.717, 1.165) is 0 Å². The summed E-state index contributed by atoms with van der Waals surface area (Å²) in [5.41, 5.74) is 0.504. The fourth-order valence-corrected chi connectivity index (χ4v) is 1.30. The van der Waals surface area contributed by atoms with E-state index >= 15 is 0 Å². The summed E-state index contributed by atoms with van der Waals surface area (Å²) in [5.74, 6) is 0. The van der Waals surface area contributed by atoms with Crippen LogP contribution in [-0.4, -0.2) is 16.4 Å². The smallest absolute Gasteiger partial charge is 0.244 e. The molecule has 6 heteroatoms. The number of rotatable bonds is 5. The number of nitro groups is 2. The number of nitrogens with zero attached hydrogens (tertiary/aromatic N) is 2. The third-order valence-corrected chi connectivity index (χ3v) is 2.02. The highest BCUT2D eigenvalue weighted by molar-refractivity contribution is 5.17. The van der Waals surface area contributed by atoms with Crippen LogP contribution in [0.2, 0.25) is 0 Å². The van der Waals surface area contributed by atoms with Crippen molar-refractivity contribution in [3.8, 4) is 0 Å². The van der Waals surface area contributed by atoms with Gasteiger partial charge in [-0.3, -0.25) is 20.2 Å². The van der Waals surface area contributed by atoms with Gasteiger partial charge in [-0.1, -0.05) is 30.3 Å². The zero-order valence-corrected chi connectivity index (χ0v) is 7.91. The molecule has 1 aromatic rings. The molecule has 0 aliphatic heterocycles. The van der Waals surface area contributed by atoms with E-state index in [2.05, 4.69) is 0 Å². The topological polar surface area (TPSA) is 86.3 Å². The van der Waals surface area contributed by atoms with Crippen molar-refractivity contribution in [2.24, 2.45) is 0 Å². The van der Waals surface area contributed by atoms with Gasteiger partial charge in [0.05, 0.1) is 6.42 Å². The molecule has 0 radical (unpaired) electrons. The predicted octanol–water partition coefficient (Wildman–Crippen LogP) is 1.67. The van der Waals surface area contributed by atoms with Gasteiger partial charge in [0.1, 0.15) is 0 Å². The van der Waals surface area contributed by atoms with Gasteiger partial charge in [-0.25, -0.2) is 0 Å². The number of hydrogen-bond donors (Lipinski definition) is 0. The second kappa shape index (κ2) is 5.04. The van der Waals surface area contributed by atoms with Crippen molar-refractivity contribution in [3.63, 3.8) is 0 Å². The van der Waals surface area contributed by atoms with Crippen LogP contribution in [0, 0.1) is 20.2 Å². The van der Waals surface area contributed by atoms with Crippen LogP contribution in [-0.2, 0) is 0 Å². The van der Waals surface area contributed by atoms with Crippen LogP contribution in [0.4, 0.5) is 0 Å². The average molecular weight is 210 g/mol. The van der Waals surface area contributed by atoms with Gasteiger partial charge in [0, 0.05) is 15.4 Å². The van der Waals surface area contributed by atoms with E-state index in [-0.39, 0.29) is 13.0 Å². The largest absolute Gasteiger partial charge is 0.265 e. The van der Waals surface area contributed by atoms with Crippen LogP contribution >= 0.6 is 0 Å². The van der Waals surface area contributed by atoms with E-state index in [1.54, 1.807) is 30.3 Å². The molecule has 0 aromatic heterocycles. The maximum Gasteiger partial charge on any atom is 0.244 e. The second-order valence-electron chi connectivity index (χ2n) is 3.06. The summed E-state index contributed by atoms with van der Waals surface area (Å²) in [6, 6.07) is 7.32. The molecule has 80 valence electrons. The molecule has 0 heterocycles. The molecule has 0 aliphatic rings. The van der Waals surface area contributed by atoms with Gasteiger partial charge in [-0.2, -0.15) is 0 Å². The molecule has 1 aromatic carbocycles. The molecule has 0 saturated heterocycles. The van der Waals surface area contributed by atoms with E-state index < -0.39 is 15.9 Å². The highest BCUT2D eigenvalue weighted by atomic mass is 16.6. The molecule has 0 bridgehead atoms. The summed E-state index contributed by atoms with van der Waals surface area (Å²) in [4.78, 5) is 19.8. The minimum Gasteiger partial charge on any atom is -0.265 e. The standard InChI is InChI=1S/C9H10N2O4/c12-10(13)7-6-9(11(14)15)8-4-2-1-3-5-8/h1-5,9H,6-7H2. The monoisotopic (exact) mass is 210 g/mol. The fraction of sp³-hybridized carbons (Fsp3) is 0.333. The molecule has 0 fully saturated rings. The first kappa shape index (κ1) is 11.1. The minimum absolute atomic E-state index is 0.0794. The van der Waals surface area contributed by atoms with Gasteiger partial charge < -0.3 is 0 Å². The first-order valence-corrected chi connectivity index (χ1v) is 4.41. The number of benzene rings is 1. The zero-order chi connectivity index (χ0) is 11.3. The lowest BCUT2D eigenvalue weighted by molar-refractivity contribution is -0.547. The van der Waals surface area contributed by atoms with Crippen molar-refractivity contribution in [2.45, 2.75) is 12.5 Å². The quantitative estimate of drug-likeness (QED) is 0.546. The Labute approximate surface area is 85.8 Å². The van der Waals surface area contributed by atoms with E-state index in [4.69, 9.17) is 0 Å². The third kappa shape index (κ3) is 3.34. The van der Waals surface area contributed by atoms with Crippen molar-refractivity contribution in [1.82, 2.24) is 0 Å². The van der Waals surface area contributed by atoms with Crippen molar-refractivity contribution < 1.29 is 9.85 Å². The van der Waals surface area contributed by atoms with Crippen molar-refractivity contribution >= 4 is 0 Å². The average Bonchev–Trinajstić information content (AvgIpc) is 2.18.